The standard InChI is InChI=1S/C25H32F2N4O3/c1-14(2)20(29-23(32)15(3)28-4)25(34)31-13-12-16-8-5-6-9-17(16)22(31)24(33)30-21-18(26)10-7-11-19(21)27/h5-6,8-10,14-15,20,22,28H,7,11-13H2,1-4H3,(H,29,32)(H,30,33)/t15-,20-,22-/m0/s1. The number of carbonyl (C=O) groups excluding carboxylic acids is 3. The van der Waals surface area contributed by atoms with Crippen molar-refractivity contribution in [2.24, 2.45) is 5.92 Å². The Morgan fingerprint density at radius 3 is 2.44 bits per heavy atom. The van der Waals surface area contributed by atoms with Gasteiger partial charge in [-0.25, -0.2) is 8.78 Å². The average Bonchev–Trinajstić information content (AvgIpc) is 2.82. The van der Waals surface area contributed by atoms with E-state index >= 15 is 0 Å². The van der Waals surface area contributed by atoms with Gasteiger partial charge in [0.2, 0.25) is 11.8 Å². The smallest absolute Gasteiger partial charge is 0.251 e. The van der Waals surface area contributed by atoms with Gasteiger partial charge in [-0.15, -0.1) is 0 Å². The lowest BCUT2D eigenvalue weighted by molar-refractivity contribution is -0.145. The number of nitrogens with zero attached hydrogens (tertiary/aromatic N) is 1. The summed E-state index contributed by atoms with van der Waals surface area (Å²) >= 11 is 0. The monoisotopic (exact) mass is 474 g/mol. The van der Waals surface area contributed by atoms with E-state index in [1.807, 2.05) is 26.0 Å². The number of likely N-dealkylation sites (N-methyl/N-ethyl adjacent to an activating group) is 1. The van der Waals surface area contributed by atoms with Crippen molar-refractivity contribution >= 4 is 17.7 Å². The van der Waals surface area contributed by atoms with Gasteiger partial charge in [-0.2, -0.15) is 0 Å². The number of amides is 3. The van der Waals surface area contributed by atoms with Crippen LogP contribution in [0.2, 0.25) is 0 Å². The van der Waals surface area contributed by atoms with Crippen LogP contribution in [-0.2, 0) is 20.8 Å². The Hall–Kier alpha value is -3.07. The molecule has 0 saturated heterocycles. The Morgan fingerprint density at radius 2 is 1.79 bits per heavy atom. The summed E-state index contributed by atoms with van der Waals surface area (Å²) < 4.78 is 28.6. The number of carbonyl (C=O) groups is 3. The number of halogens is 2. The van der Waals surface area contributed by atoms with Crippen LogP contribution >= 0.6 is 0 Å². The summed E-state index contributed by atoms with van der Waals surface area (Å²) in [5.74, 6) is -3.27. The zero-order valence-electron chi connectivity index (χ0n) is 20.0. The van der Waals surface area contributed by atoms with E-state index < -0.39 is 47.3 Å². The minimum atomic E-state index is -1.09. The fraction of sp³-hybridized carbons (Fsp3) is 0.480. The molecule has 3 amide bonds. The van der Waals surface area contributed by atoms with Crippen molar-refractivity contribution in [3.63, 3.8) is 0 Å². The first-order chi connectivity index (χ1) is 16.1. The SMILES string of the molecule is CN[C@@H](C)C(=O)N[C@H](C(=O)N1CCc2ccccc2[C@H]1C(=O)NC1=C(F)CCC=C1F)C(C)C. The molecule has 1 aromatic carbocycles. The third-order valence-electron chi connectivity index (χ3n) is 6.32. The van der Waals surface area contributed by atoms with Gasteiger partial charge in [0.25, 0.3) is 5.91 Å². The van der Waals surface area contributed by atoms with Crippen molar-refractivity contribution in [2.45, 2.75) is 58.2 Å². The maximum atomic E-state index is 14.3. The Balaban J connectivity index is 1.95. The quantitative estimate of drug-likeness (QED) is 0.567. The Kier molecular flexibility index (Phi) is 8.19. The minimum absolute atomic E-state index is 0.00195. The third kappa shape index (κ3) is 5.35. The molecule has 3 N–H and O–H groups in total. The predicted molar refractivity (Wildman–Crippen MR) is 125 cm³/mol. The summed E-state index contributed by atoms with van der Waals surface area (Å²) in [4.78, 5) is 41.0. The van der Waals surface area contributed by atoms with Gasteiger partial charge in [0.05, 0.1) is 6.04 Å². The lowest BCUT2D eigenvalue weighted by atomic mass is 9.90. The van der Waals surface area contributed by atoms with Crippen molar-refractivity contribution in [2.75, 3.05) is 13.6 Å². The summed E-state index contributed by atoms with van der Waals surface area (Å²) in [6, 6.07) is 4.74. The van der Waals surface area contributed by atoms with Crippen molar-refractivity contribution in [3.05, 3.63) is 58.8 Å². The van der Waals surface area contributed by atoms with Crippen molar-refractivity contribution < 1.29 is 23.2 Å². The van der Waals surface area contributed by atoms with Crippen LogP contribution in [0.4, 0.5) is 8.78 Å². The van der Waals surface area contributed by atoms with Gasteiger partial charge in [-0.05, 0) is 49.9 Å². The zero-order valence-corrected chi connectivity index (χ0v) is 20.0. The van der Waals surface area contributed by atoms with Crippen LogP contribution in [0.5, 0.6) is 0 Å². The summed E-state index contributed by atoms with van der Waals surface area (Å²) in [5, 5.41) is 8.00. The Morgan fingerprint density at radius 1 is 1.09 bits per heavy atom. The van der Waals surface area contributed by atoms with E-state index in [9.17, 15) is 23.2 Å². The molecule has 9 heteroatoms. The van der Waals surface area contributed by atoms with E-state index in [-0.39, 0.29) is 31.2 Å². The highest BCUT2D eigenvalue weighted by atomic mass is 19.1. The number of fused-ring (bicyclic) bond motifs is 1. The van der Waals surface area contributed by atoms with Gasteiger partial charge in [-0.3, -0.25) is 14.4 Å². The minimum Gasteiger partial charge on any atom is -0.343 e. The first kappa shape index (κ1) is 25.6. The molecule has 3 atom stereocenters. The molecule has 7 nitrogen and oxygen atoms in total. The molecule has 0 aromatic heterocycles. The number of hydrogen-bond donors (Lipinski definition) is 3. The van der Waals surface area contributed by atoms with Crippen LogP contribution in [0.15, 0.2) is 47.7 Å². The van der Waals surface area contributed by atoms with E-state index in [1.54, 1.807) is 26.1 Å². The van der Waals surface area contributed by atoms with Gasteiger partial charge in [0, 0.05) is 13.0 Å². The fourth-order valence-corrected chi connectivity index (χ4v) is 4.19. The molecule has 34 heavy (non-hydrogen) atoms. The van der Waals surface area contributed by atoms with Crippen LogP contribution < -0.4 is 16.0 Å². The molecule has 0 saturated carbocycles. The number of rotatable bonds is 7. The lowest BCUT2D eigenvalue weighted by Crippen LogP contribution is -2.57. The molecule has 1 aliphatic carbocycles. The molecule has 184 valence electrons. The van der Waals surface area contributed by atoms with Gasteiger partial charge in [0.15, 0.2) is 0 Å². The molecule has 0 radical (unpaired) electrons. The fourth-order valence-electron chi connectivity index (χ4n) is 4.19. The number of nitrogens with one attached hydrogen (secondary N) is 3. The second kappa shape index (κ2) is 10.9. The van der Waals surface area contributed by atoms with Gasteiger partial charge in [0.1, 0.15) is 29.4 Å². The molecule has 1 aromatic rings. The summed E-state index contributed by atoms with van der Waals surface area (Å²) in [7, 11) is 1.64. The molecular formula is C25H32F2N4O3. The van der Waals surface area contributed by atoms with Crippen LogP contribution in [0, 0.1) is 5.92 Å². The maximum absolute atomic E-state index is 14.3. The van der Waals surface area contributed by atoms with E-state index in [0.29, 0.717) is 12.0 Å². The summed E-state index contributed by atoms with van der Waals surface area (Å²) in [6.07, 6.45) is 1.96. The lowest BCUT2D eigenvalue weighted by Gasteiger charge is -2.39. The molecule has 0 unspecified atom stereocenters. The Bertz CT molecular complexity index is 1020. The maximum Gasteiger partial charge on any atom is 0.251 e. The van der Waals surface area contributed by atoms with E-state index in [2.05, 4.69) is 16.0 Å². The molecule has 3 rings (SSSR count). The highest BCUT2D eigenvalue weighted by Crippen LogP contribution is 2.33. The van der Waals surface area contributed by atoms with Crippen molar-refractivity contribution in [1.82, 2.24) is 20.9 Å². The first-order valence-electron chi connectivity index (χ1n) is 11.6. The van der Waals surface area contributed by atoms with Crippen molar-refractivity contribution in [1.29, 1.82) is 0 Å². The van der Waals surface area contributed by atoms with E-state index in [1.165, 1.54) is 11.0 Å². The average molecular weight is 475 g/mol. The van der Waals surface area contributed by atoms with Gasteiger partial charge < -0.3 is 20.9 Å². The highest BCUT2D eigenvalue weighted by molar-refractivity contribution is 5.94. The molecular weight excluding hydrogens is 442 g/mol. The molecule has 0 bridgehead atoms. The van der Waals surface area contributed by atoms with E-state index in [0.717, 1.165) is 5.56 Å². The predicted octanol–water partition coefficient (Wildman–Crippen LogP) is 2.81. The highest BCUT2D eigenvalue weighted by Gasteiger charge is 2.40. The summed E-state index contributed by atoms with van der Waals surface area (Å²) in [5.41, 5.74) is 0.997. The molecule has 1 aliphatic heterocycles. The second-order valence-corrected chi connectivity index (χ2v) is 8.98. The van der Waals surface area contributed by atoms with Crippen LogP contribution in [0.3, 0.4) is 0 Å². The van der Waals surface area contributed by atoms with Gasteiger partial charge in [-0.1, -0.05) is 38.1 Å². The normalized spacial score (nSPS) is 19.8. The largest absolute Gasteiger partial charge is 0.343 e. The number of allylic oxidation sites excluding steroid dienone is 3. The van der Waals surface area contributed by atoms with Crippen LogP contribution in [0.1, 0.15) is 50.8 Å². The van der Waals surface area contributed by atoms with Crippen molar-refractivity contribution in [3.8, 4) is 0 Å². The number of hydrogen-bond acceptors (Lipinski definition) is 4. The topological polar surface area (TPSA) is 90.5 Å². The zero-order chi connectivity index (χ0) is 25.0. The molecule has 0 spiro atoms. The number of benzene rings is 1. The molecule has 0 fully saturated rings. The summed E-state index contributed by atoms with van der Waals surface area (Å²) in [6.45, 7) is 5.53. The third-order valence-corrected chi connectivity index (χ3v) is 6.32. The second-order valence-electron chi connectivity index (χ2n) is 8.98. The Labute approximate surface area is 198 Å². The van der Waals surface area contributed by atoms with Gasteiger partial charge >= 0.3 is 0 Å². The van der Waals surface area contributed by atoms with Crippen LogP contribution in [0.25, 0.3) is 0 Å². The molecule has 2 aliphatic rings. The van der Waals surface area contributed by atoms with E-state index in [4.69, 9.17) is 0 Å². The van der Waals surface area contributed by atoms with Crippen LogP contribution in [-0.4, -0.2) is 48.3 Å². The first-order valence-corrected chi connectivity index (χ1v) is 11.6. The molecule has 1 heterocycles.